The fourth-order valence-electron chi connectivity index (χ4n) is 1.91. The Morgan fingerprint density at radius 1 is 1.19 bits per heavy atom. The molecule has 0 aliphatic rings. The minimum Gasteiger partial charge on any atom is -0.508 e. The van der Waals surface area contributed by atoms with Gasteiger partial charge in [-0.1, -0.05) is 6.07 Å². The van der Waals surface area contributed by atoms with Crippen LogP contribution in [0.25, 0.3) is 0 Å². The number of hydrogen-bond acceptors (Lipinski definition) is 4. The van der Waals surface area contributed by atoms with Gasteiger partial charge in [0.25, 0.3) is 0 Å². The predicted octanol–water partition coefficient (Wildman–Crippen LogP) is 2.86. The lowest BCUT2D eigenvalue weighted by atomic mass is 10.1. The van der Waals surface area contributed by atoms with Crippen LogP contribution in [0.4, 0.5) is 10.1 Å². The molecule has 0 aliphatic carbocycles. The molecule has 0 spiro atoms. The molecule has 2 N–H and O–H groups in total. The molecule has 2 rings (SSSR count). The van der Waals surface area contributed by atoms with E-state index >= 15 is 0 Å². The second kappa shape index (κ2) is 5.73. The van der Waals surface area contributed by atoms with Crippen molar-refractivity contribution >= 4 is 15.5 Å². The molecule has 0 heterocycles. The number of anilines is 1. The Labute approximate surface area is 123 Å². The third-order valence-corrected chi connectivity index (χ3v) is 4.26. The molecule has 0 saturated carbocycles. The molecule has 0 bridgehead atoms. The molecular formula is C15H16FNO3S. The van der Waals surface area contributed by atoms with E-state index in [1.807, 2.05) is 6.92 Å². The summed E-state index contributed by atoms with van der Waals surface area (Å²) in [6.07, 6.45) is 1.14. The number of sulfone groups is 1. The Bertz CT molecular complexity index is 772. The zero-order valence-electron chi connectivity index (χ0n) is 11.7. The van der Waals surface area contributed by atoms with E-state index in [1.165, 1.54) is 30.3 Å². The lowest BCUT2D eigenvalue weighted by Gasteiger charge is -2.12. The molecule has 4 nitrogen and oxygen atoms in total. The SMILES string of the molecule is Cc1ccc(S(C)(=O)=O)cc1NCc1cc(F)ccc1O. The lowest BCUT2D eigenvalue weighted by Crippen LogP contribution is -2.04. The molecule has 0 unspecified atom stereocenters. The maximum atomic E-state index is 13.2. The van der Waals surface area contributed by atoms with E-state index in [0.717, 1.165) is 11.8 Å². The Kier molecular flexibility index (Phi) is 4.18. The van der Waals surface area contributed by atoms with Crippen LogP contribution in [-0.2, 0) is 16.4 Å². The predicted molar refractivity (Wildman–Crippen MR) is 79.7 cm³/mol. The van der Waals surface area contributed by atoms with Gasteiger partial charge in [-0.2, -0.15) is 0 Å². The molecule has 0 radical (unpaired) electrons. The van der Waals surface area contributed by atoms with Gasteiger partial charge in [-0.05, 0) is 42.8 Å². The summed E-state index contributed by atoms with van der Waals surface area (Å²) in [5, 5.41) is 12.7. The molecule has 112 valence electrons. The first kappa shape index (κ1) is 15.3. The van der Waals surface area contributed by atoms with Crippen LogP contribution in [-0.4, -0.2) is 19.8 Å². The fourth-order valence-corrected chi connectivity index (χ4v) is 2.56. The molecular weight excluding hydrogens is 293 g/mol. The fraction of sp³-hybridized carbons (Fsp3) is 0.200. The summed E-state index contributed by atoms with van der Waals surface area (Å²) in [4.78, 5) is 0.207. The largest absolute Gasteiger partial charge is 0.508 e. The number of aromatic hydroxyl groups is 1. The quantitative estimate of drug-likeness (QED) is 0.911. The van der Waals surface area contributed by atoms with Gasteiger partial charge >= 0.3 is 0 Å². The Balaban J connectivity index is 2.26. The third-order valence-electron chi connectivity index (χ3n) is 3.15. The van der Waals surface area contributed by atoms with Crippen LogP contribution in [0.2, 0.25) is 0 Å². The molecule has 0 atom stereocenters. The molecule has 21 heavy (non-hydrogen) atoms. The summed E-state index contributed by atoms with van der Waals surface area (Å²) in [6.45, 7) is 2.03. The summed E-state index contributed by atoms with van der Waals surface area (Å²) < 4.78 is 36.3. The van der Waals surface area contributed by atoms with Gasteiger partial charge in [0.05, 0.1) is 4.90 Å². The van der Waals surface area contributed by atoms with E-state index < -0.39 is 15.7 Å². The van der Waals surface area contributed by atoms with E-state index in [4.69, 9.17) is 0 Å². The van der Waals surface area contributed by atoms with Crippen molar-refractivity contribution in [1.82, 2.24) is 0 Å². The van der Waals surface area contributed by atoms with E-state index in [9.17, 15) is 17.9 Å². The standard InChI is InChI=1S/C15H16FNO3S/c1-10-3-5-13(21(2,19)20)8-14(10)17-9-11-7-12(16)4-6-15(11)18/h3-8,17-18H,9H2,1-2H3. The highest BCUT2D eigenvalue weighted by atomic mass is 32.2. The van der Waals surface area contributed by atoms with Crippen LogP contribution < -0.4 is 5.32 Å². The van der Waals surface area contributed by atoms with Gasteiger partial charge in [-0.15, -0.1) is 0 Å². The van der Waals surface area contributed by atoms with Gasteiger partial charge in [0, 0.05) is 24.1 Å². The summed E-state index contributed by atoms with van der Waals surface area (Å²) in [5.41, 5.74) is 1.89. The number of phenolic OH excluding ortho intramolecular Hbond substituents is 1. The Morgan fingerprint density at radius 3 is 2.57 bits per heavy atom. The van der Waals surface area contributed by atoms with Crippen LogP contribution >= 0.6 is 0 Å². The highest BCUT2D eigenvalue weighted by Gasteiger charge is 2.10. The first-order chi connectivity index (χ1) is 9.77. The molecule has 2 aromatic rings. The maximum Gasteiger partial charge on any atom is 0.175 e. The van der Waals surface area contributed by atoms with E-state index in [1.54, 1.807) is 6.07 Å². The van der Waals surface area contributed by atoms with Crippen molar-refractivity contribution in [3.63, 3.8) is 0 Å². The number of aryl methyl sites for hydroxylation is 1. The smallest absolute Gasteiger partial charge is 0.175 e. The number of benzene rings is 2. The lowest BCUT2D eigenvalue weighted by molar-refractivity contribution is 0.466. The maximum absolute atomic E-state index is 13.2. The van der Waals surface area contributed by atoms with Crippen LogP contribution in [0, 0.1) is 12.7 Å². The van der Waals surface area contributed by atoms with Gasteiger partial charge in [0.15, 0.2) is 9.84 Å². The van der Waals surface area contributed by atoms with Crippen molar-refractivity contribution in [2.75, 3.05) is 11.6 Å². The van der Waals surface area contributed by atoms with E-state index in [-0.39, 0.29) is 17.2 Å². The van der Waals surface area contributed by atoms with Crippen molar-refractivity contribution < 1.29 is 17.9 Å². The number of nitrogens with one attached hydrogen (secondary N) is 1. The van der Waals surface area contributed by atoms with Gasteiger partial charge in [-0.25, -0.2) is 12.8 Å². The van der Waals surface area contributed by atoms with Crippen LogP contribution in [0.15, 0.2) is 41.3 Å². The second-order valence-corrected chi connectivity index (χ2v) is 6.89. The average molecular weight is 309 g/mol. The highest BCUT2D eigenvalue weighted by molar-refractivity contribution is 7.90. The molecule has 0 fully saturated rings. The second-order valence-electron chi connectivity index (χ2n) is 4.88. The third kappa shape index (κ3) is 3.72. The molecule has 0 amide bonds. The van der Waals surface area contributed by atoms with Crippen LogP contribution in [0.3, 0.4) is 0 Å². The van der Waals surface area contributed by atoms with Gasteiger partial charge in [-0.3, -0.25) is 0 Å². The summed E-state index contributed by atoms with van der Waals surface area (Å²) in [7, 11) is -3.29. The highest BCUT2D eigenvalue weighted by Crippen LogP contribution is 2.23. The molecule has 2 aromatic carbocycles. The minimum atomic E-state index is -3.29. The minimum absolute atomic E-state index is 0.0131. The summed E-state index contributed by atoms with van der Waals surface area (Å²) in [6, 6.07) is 8.46. The van der Waals surface area contributed by atoms with Crippen LogP contribution in [0.5, 0.6) is 5.75 Å². The number of phenols is 1. The molecule has 0 aromatic heterocycles. The zero-order chi connectivity index (χ0) is 15.6. The Hall–Kier alpha value is -2.08. The van der Waals surface area contributed by atoms with Gasteiger partial charge in [0.1, 0.15) is 11.6 Å². The normalized spacial score (nSPS) is 11.4. The number of hydrogen-bond donors (Lipinski definition) is 2. The monoisotopic (exact) mass is 309 g/mol. The van der Waals surface area contributed by atoms with Crippen molar-refractivity contribution in [2.45, 2.75) is 18.4 Å². The van der Waals surface area contributed by atoms with Crippen molar-refractivity contribution in [2.24, 2.45) is 0 Å². The average Bonchev–Trinajstić information content (AvgIpc) is 2.40. The molecule has 6 heteroatoms. The van der Waals surface area contributed by atoms with Crippen molar-refractivity contribution in [3.05, 3.63) is 53.3 Å². The van der Waals surface area contributed by atoms with E-state index in [0.29, 0.717) is 11.3 Å². The first-order valence-corrected chi connectivity index (χ1v) is 8.18. The van der Waals surface area contributed by atoms with E-state index in [2.05, 4.69) is 5.32 Å². The number of rotatable bonds is 4. The molecule has 0 aliphatic heterocycles. The number of halogens is 1. The van der Waals surface area contributed by atoms with Crippen molar-refractivity contribution in [3.8, 4) is 5.75 Å². The van der Waals surface area contributed by atoms with Gasteiger partial charge in [0.2, 0.25) is 0 Å². The summed E-state index contributed by atoms with van der Waals surface area (Å²) >= 11 is 0. The first-order valence-electron chi connectivity index (χ1n) is 6.29. The van der Waals surface area contributed by atoms with Gasteiger partial charge < -0.3 is 10.4 Å². The topological polar surface area (TPSA) is 66.4 Å². The Morgan fingerprint density at radius 2 is 1.90 bits per heavy atom. The van der Waals surface area contributed by atoms with Crippen molar-refractivity contribution in [1.29, 1.82) is 0 Å². The zero-order valence-corrected chi connectivity index (χ0v) is 12.5. The molecule has 0 saturated heterocycles. The van der Waals surface area contributed by atoms with Crippen LogP contribution in [0.1, 0.15) is 11.1 Å². The summed E-state index contributed by atoms with van der Waals surface area (Å²) in [5.74, 6) is -0.452.